The number of nitrogens with zero attached hydrogens (tertiary/aromatic N) is 1. The van der Waals surface area contributed by atoms with Crippen molar-refractivity contribution in [2.75, 3.05) is 25.1 Å². The van der Waals surface area contributed by atoms with Crippen molar-refractivity contribution in [2.24, 2.45) is 0 Å². The van der Waals surface area contributed by atoms with E-state index in [4.69, 9.17) is 10.8 Å². The van der Waals surface area contributed by atoms with Gasteiger partial charge in [0.1, 0.15) is 0 Å². The Hall–Kier alpha value is -2.80. The van der Waals surface area contributed by atoms with E-state index in [1.54, 1.807) is 0 Å². The second-order valence-electron chi connectivity index (χ2n) is 8.98. The lowest BCUT2D eigenvalue weighted by atomic mass is 10.2. The molecule has 0 spiro atoms. The molecule has 0 aliphatic heterocycles. The van der Waals surface area contributed by atoms with Gasteiger partial charge in [-0.25, -0.2) is 0 Å². The van der Waals surface area contributed by atoms with Gasteiger partial charge in [0, 0.05) is 31.5 Å². The highest BCUT2D eigenvalue weighted by Crippen LogP contribution is 2.36. The number of rotatable bonds is 8. The highest BCUT2D eigenvalue weighted by Gasteiger charge is 2.49. The van der Waals surface area contributed by atoms with Gasteiger partial charge in [-0.2, -0.15) is 0 Å². The van der Waals surface area contributed by atoms with Gasteiger partial charge in [0.2, 0.25) is 0 Å². The predicted octanol–water partition coefficient (Wildman–Crippen LogP) is 5.07. The minimum atomic E-state index is -2.45. The quantitative estimate of drug-likeness (QED) is 0.283. The van der Waals surface area contributed by atoms with Crippen molar-refractivity contribution in [3.05, 3.63) is 90.5 Å². The Bertz CT molecular complexity index is 946. The van der Waals surface area contributed by atoms with Crippen LogP contribution in [-0.4, -0.2) is 28.5 Å². The van der Waals surface area contributed by atoms with Crippen LogP contribution in [-0.2, 0) is 4.43 Å². The van der Waals surface area contributed by atoms with Crippen LogP contribution in [0.25, 0.3) is 0 Å². The minimum Gasteiger partial charge on any atom is -0.407 e. The second-order valence-corrected chi connectivity index (χ2v) is 13.3. The van der Waals surface area contributed by atoms with Gasteiger partial charge < -0.3 is 9.33 Å². The number of hydrogen-bond donors (Lipinski definition) is 0. The molecule has 2 nitrogen and oxygen atoms in total. The first kappa shape index (κ1) is 22.9. The van der Waals surface area contributed by atoms with E-state index in [0.717, 1.165) is 25.1 Å². The number of terminal acetylenes is 1. The molecule has 3 heteroatoms. The Balaban J connectivity index is 1.79. The molecular formula is C28H33NOSi. The molecule has 0 aliphatic rings. The van der Waals surface area contributed by atoms with E-state index in [2.05, 4.69) is 111 Å². The first-order chi connectivity index (χ1) is 14.9. The molecule has 0 amide bonds. The van der Waals surface area contributed by atoms with Crippen molar-refractivity contribution in [2.45, 2.75) is 32.2 Å². The molecule has 3 aromatic carbocycles. The van der Waals surface area contributed by atoms with Crippen LogP contribution < -0.4 is 15.3 Å². The van der Waals surface area contributed by atoms with Gasteiger partial charge >= 0.3 is 0 Å². The van der Waals surface area contributed by atoms with Gasteiger partial charge in [0.15, 0.2) is 0 Å². The molecule has 3 aromatic rings. The van der Waals surface area contributed by atoms with E-state index in [9.17, 15) is 0 Å². The average molecular weight is 428 g/mol. The fourth-order valence-electron chi connectivity index (χ4n) is 4.23. The van der Waals surface area contributed by atoms with E-state index < -0.39 is 8.32 Å². The van der Waals surface area contributed by atoms with Gasteiger partial charge in [0.05, 0.1) is 0 Å². The van der Waals surface area contributed by atoms with Crippen molar-refractivity contribution >= 4 is 24.4 Å². The molecule has 160 valence electrons. The standard InChI is InChI=1S/C28H33NOSi/c1-6-24-18-20-25(21-19-24)29(5)22-13-23-30-31(28(2,3)4,26-14-9-7-10-15-26)27-16-11-8-12-17-27/h1,7-12,14-21H,13,22-23H2,2-5H3. The Kier molecular flexibility index (Phi) is 7.38. The van der Waals surface area contributed by atoms with Crippen LogP contribution in [0, 0.1) is 12.3 Å². The first-order valence-corrected chi connectivity index (χ1v) is 12.8. The molecule has 0 fully saturated rings. The van der Waals surface area contributed by atoms with E-state index in [1.165, 1.54) is 16.1 Å². The third kappa shape index (κ3) is 5.10. The van der Waals surface area contributed by atoms with Gasteiger partial charge in [-0.3, -0.25) is 0 Å². The third-order valence-electron chi connectivity index (χ3n) is 5.85. The molecule has 0 saturated carbocycles. The summed E-state index contributed by atoms with van der Waals surface area (Å²) >= 11 is 0. The SMILES string of the molecule is C#Cc1ccc(N(C)CCCO[Si](c2ccccc2)(c2ccccc2)C(C)(C)C)cc1. The summed E-state index contributed by atoms with van der Waals surface area (Å²) in [5.41, 5.74) is 2.08. The summed E-state index contributed by atoms with van der Waals surface area (Å²) in [5.74, 6) is 2.67. The minimum absolute atomic E-state index is 0.00661. The van der Waals surface area contributed by atoms with Crippen LogP contribution >= 0.6 is 0 Å². The summed E-state index contributed by atoms with van der Waals surface area (Å²) < 4.78 is 6.97. The van der Waals surface area contributed by atoms with Gasteiger partial charge in [-0.1, -0.05) is 87.4 Å². The van der Waals surface area contributed by atoms with Gasteiger partial charge in [-0.15, -0.1) is 6.42 Å². The molecule has 0 unspecified atom stereocenters. The zero-order valence-corrected chi connectivity index (χ0v) is 20.1. The molecule has 31 heavy (non-hydrogen) atoms. The zero-order chi connectivity index (χ0) is 22.3. The van der Waals surface area contributed by atoms with Crippen molar-refractivity contribution in [1.82, 2.24) is 0 Å². The van der Waals surface area contributed by atoms with E-state index in [0.29, 0.717) is 0 Å². The first-order valence-electron chi connectivity index (χ1n) is 10.9. The summed E-state index contributed by atoms with van der Waals surface area (Å²) in [7, 11) is -0.335. The largest absolute Gasteiger partial charge is 0.407 e. The summed E-state index contributed by atoms with van der Waals surface area (Å²) in [6.07, 6.45) is 6.43. The summed E-state index contributed by atoms with van der Waals surface area (Å²) in [5, 5.41) is 2.66. The highest BCUT2D eigenvalue weighted by molar-refractivity contribution is 6.99. The van der Waals surface area contributed by atoms with Crippen LogP contribution in [0.2, 0.25) is 5.04 Å². The smallest absolute Gasteiger partial charge is 0.261 e. The summed E-state index contributed by atoms with van der Waals surface area (Å²) in [4.78, 5) is 2.26. The van der Waals surface area contributed by atoms with Gasteiger partial charge in [-0.05, 0) is 46.1 Å². The molecule has 0 aromatic heterocycles. The van der Waals surface area contributed by atoms with Crippen LogP contribution in [0.3, 0.4) is 0 Å². The topological polar surface area (TPSA) is 12.5 Å². The number of benzene rings is 3. The van der Waals surface area contributed by atoms with E-state index in [1.807, 2.05) is 12.1 Å². The van der Waals surface area contributed by atoms with Gasteiger partial charge in [0.25, 0.3) is 8.32 Å². The molecule has 0 heterocycles. The Morgan fingerprint density at radius 3 is 1.81 bits per heavy atom. The Morgan fingerprint density at radius 1 is 0.839 bits per heavy atom. The van der Waals surface area contributed by atoms with E-state index >= 15 is 0 Å². The molecule has 0 saturated heterocycles. The summed E-state index contributed by atoms with van der Waals surface area (Å²) in [6, 6.07) is 29.8. The molecule has 0 atom stereocenters. The Morgan fingerprint density at radius 2 is 1.35 bits per heavy atom. The second kappa shape index (κ2) is 10.0. The predicted molar refractivity (Wildman–Crippen MR) is 136 cm³/mol. The third-order valence-corrected chi connectivity index (χ3v) is 10.9. The molecule has 0 radical (unpaired) electrons. The lowest BCUT2D eigenvalue weighted by molar-refractivity contribution is 0.293. The van der Waals surface area contributed by atoms with Crippen molar-refractivity contribution < 1.29 is 4.43 Å². The Labute approximate surface area is 189 Å². The van der Waals surface area contributed by atoms with Crippen LogP contribution in [0.4, 0.5) is 5.69 Å². The average Bonchev–Trinajstić information content (AvgIpc) is 2.79. The van der Waals surface area contributed by atoms with Crippen LogP contribution in [0.15, 0.2) is 84.9 Å². The number of anilines is 1. The summed E-state index contributed by atoms with van der Waals surface area (Å²) in [6.45, 7) is 8.60. The molecule has 0 aliphatic carbocycles. The maximum absolute atomic E-state index is 6.97. The number of hydrogen-bond acceptors (Lipinski definition) is 2. The maximum Gasteiger partial charge on any atom is 0.261 e. The zero-order valence-electron chi connectivity index (χ0n) is 19.1. The molecule has 0 bridgehead atoms. The lowest BCUT2D eigenvalue weighted by Gasteiger charge is -2.43. The molecule has 3 rings (SSSR count). The highest BCUT2D eigenvalue weighted by atomic mass is 28.4. The molecular weight excluding hydrogens is 394 g/mol. The monoisotopic (exact) mass is 427 g/mol. The van der Waals surface area contributed by atoms with Crippen molar-refractivity contribution in [1.29, 1.82) is 0 Å². The van der Waals surface area contributed by atoms with Crippen molar-refractivity contribution in [3.63, 3.8) is 0 Å². The molecule has 0 N–H and O–H groups in total. The lowest BCUT2D eigenvalue weighted by Crippen LogP contribution is -2.66. The van der Waals surface area contributed by atoms with Crippen LogP contribution in [0.5, 0.6) is 0 Å². The van der Waals surface area contributed by atoms with Crippen LogP contribution in [0.1, 0.15) is 32.8 Å². The fourth-order valence-corrected chi connectivity index (χ4v) is 8.84. The van der Waals surface area contributed by atoms with Crippen molar-refractivity contribution in [3.8, 4) is 12.3 Å². The maximum atomic E-state index is 6.97. The fraction of sp³-hybridized carbons (Fsp3) is 0.286. The normalized spacial score (nSPS) is 11.7. The van der Waals surface area contributed by atoms with E-state index in [-0.39, 0.29) is 5.04 Å².